The van der Waals surface area contributed by atoms with E-state index < -0.39 is 0 Å². The van der Waals surface area contributed by atoms with Gasteiger partial charge in [0.15, 0.2) is 11.5 Å². The van der Waals surface area contributed by atoms with Gasteiger partial charge in [-0.05, 0) is 35.4 Å². The van der Waals surface area contributed by atoms with Crippen molar-refractivity contribution in [2.45, 2.75) is 13.1 Å². The molecule has 17 heavy (non-hydrogen) atoms. The van der Waals surface area contributed by atoms with Gasteiger partial charge in [0.25, 0.3) is 0 Å². The second kappa shape index (κ2) is 5.32. The Kier molecular flexibility index (Phi) is 3.57. The summed E-state index contributed by atoms with van der Waals surface area (Å²) in [6.07, 6.45) is 3.51. The molecule has 4 nitrogen and oxygen atoms in total. The van der Waals surface area contributed by atoms with Crippen LogP contribution in [0.2, 0.25) is 0 Å². The molecule has 1 aromatic carbocycles. The SMILES string of the molecule is Oc1ccc(CNCc2ccncc2)cc1O. The average molecular weight is 230 g/mol. The number of hydrogen-bond acceptors (Lipinski definition) is 4. The van der Waals surface area contributed by atoms with E-state index in [4.69, 9.17) is 5.11 Å². The van der Waals surface area contributed by atoms with Crippen LogP contribution < -0.4 is 5.32 Å². The van der Waals surface area contributed by atoms with Crippen LogP contribution in [0.4, 0.5) is 0 Å². The standard InChI is InChI=1S/C13H14N2O2/c16-12-2-1-11(7-13(12)17)9-15-8-10-3-5-14-6-4-10/h1-7,15-17H,8-9H2. The lowest BCUT2D eigenvalue weighted by molar-refractivity contribution is 0.403. The number of hydrogen-bond donors (Lipinski definition) is 3. The Balaban J connectivity index is 1.88. The van der Waals surface area contributed by atoms with Crippen LogP contribution >= 0.6 is 0 Å². The van der Waals surface area contributed by atoms with Gasteiger partial charge in [-0.25, -0.2) is 0 Å². The fourth-order valence-corrected chi connectivity index (χ4v) is 1.53. The van der Waals surface area contributed by atoms with Crippen molar-refractivity contribution in [1.82, 2.24) is 10.3 Å². The van der Waals surface area contributed by atoms with E-state index in [2.05, 4.69) is 10.3 Å². The first kappa shape index (κ1) is 11.4. The van der Waals surface area contributed by atoms with Gasteiger partial charge in [-0.3, -0.25) is 4.98 Å². The Morgan fingerprint density at radius 3 is 2.29 bits per heavy atom. The molecule has 3 N–H and O–H groups in total. The zero-order valence-electron chi connectivity index (χ0n) is 9.30. The number of phenols is 2. The van der Waals surface area contributed by atoms with Gasteiger partial charge in [0.2, 0.25) is 0 Å². The van der Waals surface area contributed by atoms with Crippen LogP contribution in [0, 0.1) is 0 Å². The van der Waals surface area contributed by atoms with Crippen molar-refractivity contribution in [2.75, 3.05) is 0 Å². The first-order valence-electron chi connectivity index (χ1n) is 5.36. The van der Waals surface area contributed by atoms with E-state index in [1.165, 1.54) is 6.07 Å². The molecule has 0 atom stereocenters. The maximum atomic E-state index is 9.33. The van der Waals surface area contributed by atoms with Crippen LogP contribution in [0.1, 0.15) is 11.1 Å². The lowest BCUT2D eigenvalue weighted by Gasteiger charge is -2.06. The third-order valence-electron chi connectivity index (χ3n) is 2.45. The predicted molar refractivity (Wildman–Crippen MR) is 64.6 cm³/mol. The molecule has 1 aromatic heterocycles. The zero-order valence-corrected chi connectivity index (χ0v) is 9.30. The van der Waals surface area contributed by atoms with Crippen molar-refractivity contribution < 1.29 is 10.2 Å². The van der Waals surface area contributed by atoms with Crippen molar-refractivity contribution in [2.24, 2.45) is 0 Å². The second-order valence-electron chi connectivity index (χ2n) is 3.78. The molecule has 0 saturated carbocycles. The van der Waals surface area contributed by atoms with Crippen LogP contribution in [-0.2, 0) is 13.1 Å². The molecule has 0 unspecified atom stereocenters. The van der Waals surface area contributed by atoms with Crippen LogP contribution in [-0.4, -0.2) is 15.2 Å². The monoisotopic (exact) mass is 230 g/mol. The van der Waals surface area contributed by atoms with Gasteiger partial charge in [0.1, 0.15) is 0 Å². The number of rotatable bonds is 4. The summed E-state index contributed by atoms with van der Waals surface area (Å²) in [7, 11) is 0. The predicted octanol–water partition coefficient (Wildman–Crippen LogP) is 1.78. The highest BCUT2D eigenvalue weighted by molar-refractivity contribution is 5.40. The zero-order chi connectivity index (χ0) is 12.1. The number of pyridine rings is 1. The number of aromatic nitrogens is 1. The molecule has 0 aliphatic heterocycles. The molecule has 2 rings (SSSR count). The molecular formula is C13H14N2O2. The smallest absolute Gasteiger partial charge is 0.157 e. The van der Waals surface area contributed by atoms with Crippen LogP contribution in [0.15, 0.2) is 42.7 Å². The van der Waals surface area contributed by atoms with Gasteiger partial charge < -0.3 is 15.5 Å². The van der Waals surface area contributed by atoms with Gasteiger partial charge in [-0.15, -0.1) is 0 Å². The molecule has 2 aromatic rings. The van der Waals surface area contributed by atoms with Crippen molar-refractivity contribution in [1.29, 1.82) is 0 Å². The summed E-state index contributed by atoms with van der Waals surface area (Å²) < 4.78 is 0. The molecule has 0 saturated heterocycles. The Labute approximate surface area is 99.6 Å². The van der Waals surface area contributed by atoms with E-state index >= 15 is 0 Å². The molecule has 1 heterocycles. The quantitative estimate of drug-likeness (QED) is 0.700. The maximum absolute atomic E-state index is 9.33. The Hall–Kier alpha value is -2.07. The summed E-state index contributed by atoms with van der Waals surface area (Å²) in [5, 5.41) is 21.7. The summed E-state index contributed by atoms with van der Waals surface area (Å²) in [5.74, 6) is -0.184. The summed E-state index contributed by atoms with van der Waals surface area (Å²) in [4.78, 5) is 3.94. The highest BCUT2D eigenvalue weighted by Gasteiger charge is 2.00. The fourth-order valence-electron chi connectivity index (χ4n) is 1.53. The van der Waals surface area contributed by atoms with Crippen LogP contribution in [0.25, 0.3) is 0 Å². The normalized spacial score (nSPS) is 10.4. The van der Waals surface area contributed by atoms with Gasteiger partial charge in [0.05, 0.1) is 0 Å². The Morgan fingerprint density at radius 2 is 1.59 bits per heavy atom. The van der Waals surface area contributed by atoms with E-state index in [0.717, 1.165) is 17.7 Å². The Bertz CT molecular complexity index is 486. The Morgan fingerprint density at radius 1 is 0.882 bits per heavy atom. The highest BCUT2D eigenvalue weighted by Crippen LogP contribution is 2.24. The molecular weight excluding hydrogens is 216 g/mol. The molecule has 0 fully saturated rings. The van der Waals surface area contributed by atoms with E-state index in [0.29, 0.717) is 6.54 Å². The first-order chi connectivity index (χ1) is 8.25. The molecule has 4 heteroatoms. The van der Waals surface area contributed by atoms with E-state index in [1.807, 2.05) is 12.1 Å². The van der Waals surface area contributed by atoms with Crippen LogP contribution in [0.3, 0.4) is 0 Å². The molecule has 0 aliphatic rings. The molecule has 0 amide bonds. The molecule has 0 bridgehead atoms. The van der Waals surface area contributed by atoms with Crippen molar-refractivity contribution in [3.8, 4) is 11.5 Å². The van der Waals surface area contributed by atoms with E-state index in [-0.39, 0.29) is 11.5 Å². The van der Waals surface area contributed by atoms with Gasteiger partial charge in [-0.2, -0.15) is 0 Å². The van der Waals surface area contributed by atoms with Crippen LogP contribution in [0.5, 0.6) is 11.5 Å². The minimum Gasteiger partial charge on any atom is -0.504 e. The van der Waals surface area contributed by atoms with E-state index in [9.17, 15) is 5.11 Å². The lowest BCUT2D eigenvalue weighted by atomic mass is 10.2. The van der Waals surface area contributed by atoms with Gasteiger partial charge in [0, 0.05) is 25.5 Å². The number of phenolic OH excluding ortho intramolecular Hbond substituents is 2. The molecule has 0 aliphatic carbocycles. The minimum absolute atomic E-state index is 0.0896. The maximum Gasteiger partial charge on any atom is 0.157 e. The molecule has 0 spiro atoms. The number of aromatic hydroxyl groups is 2. The third-order valence-corrected chi connectivity index (χ3v) is 2.45. The largest absolute Gasteiger partial charge is 0.504 e. The van der Waals surface area contributed by atoms with Crippen molar-refractivity contribution >= 4 is 0 Å². The van der Waals surface area contributed by atoms with Crippen molar-refractivity contribution in [3.63, 3.8) is 0 Å². The van der Waals surface area contributed by atoms with E-state index in [1.54, 1.807) is 24.5 Å². The lowest BCUT2D eigenvalue weighted by Crippen LogP contribution is -2.12. The number of benzene rings is 1. The number of nitrogens with zero attached hydrogens (tertiary/aromatic N) is 1. The summed E-state index contributed by atoms with van der Waals surface area (Å²) in [6, 6.07) is 8.70. The summed E-state index contributed by atoms with van der Waals surface area (Å²) in [6.45, 7) is 1.38. The number of nitrogens with one attached hydrogen (secondary N) is 1. The topological polar surface area (TPSA) is 65.4 Å². The minimum atomic E-state index is -0.0946. The van der Waals surface area contributed by atoms with Gasteiger partial charge in [-0.1, -0.05) is 6.07 Å². The first-order valence-corrected chi connectivity index (χ1v) is 5.36. The average Bonchev–Trinajstić information content (AvgIpc) is 2.35. The summed E-state index contributed by atoms with van der Waals surface area (Å²) >= 11 is 0. The molecule has 88 valence electrons. The van der Waals surface area contributed by atoms with Gasteiger partial charge >= 0.3 is 0 Å². The second-order valence-corrected chi connectivity index (χ2v) is 3.78. The third kappa shape index (κ3) is 3.19. The summed E-state index contributed by atoms with van der Waals surface area (Å²) in [5.41, 5.74) is 2.08. The molecule has 0 radical (unpaired) electrons. The van der Waals surface area contributed by atoms with Crippen molar-refractivity contribution in [3.05, 3.63) is 53.9 Å². The highest BCUT2D eigenvalue weighted by atomic mass is 16.3. The fraction of sp³-hybridized carbons (Fsp3) is 0.154.